The average Bonchev–Trinajstić information content (AvgIpc) is 3.95. The van der Waals surface area contributed by atoms with Gasteiger partial charge in [-0.25, -0.2) is 9.97 Å². The Morgan fingerprint density at radius 2 is 1.68 bits per heavy atom. The highest BCUT2D eigenvalue weighted by atomic mass is 35.5. The van der Waals surface area contributed by atoms with Crippen LogP contribution in [-0.4, -0.2) is 131 Å². The van der Waals surface area contributed by atoms with Crippen molar-refractivity contribution in [2.24, 2.45) is 21.7 Å². The van der Waals surface area contributed by atoms with Crippen molar-refractivity contribution in [1.29, 1.82) is 5.26 Å². The summed E-state index contributed by atoms with van der Waals surface area (Å²) in [5.74, 6) is 0.102. The van der Waals surface area contributed by atoms with Crippen LogP contribution in [0.25, 0.3) is 10.4 Å². The Hall–Kier alpha value is -5.64. The summed E-state index contributed by atoms with van der Waals surface area (Å²) in [4.78, 5) is 71.9. The molecule has 1 unspecified atom stereocenters. The normalized spacial score (nSPS) is 23.1. The van der Waals surface area contributed by atoms with Gasteiger partial charge in [0.15, 0.2) is 0 Å². The number of β-amino-alcohol motifs (C(OH)–C–C–N with tert-alkyl or cyclic N) is 1. The predicted molar refractivity (Wildman–Crippen MR) is 277 cm³/mol. The highest BCUT2D eigenvalue weighted by Gasteiger charge is 2.64. The van der Waals surface area contributed by atoms with E-state index in [1.54, 1.807) is 41.8 Å². The number of hydrogen-bond donors (Lipinski definition) is 4. The second-order valence-electron chi connectivity index (χ2n) is 22.5. The van der Waals surface area contributed by atoms with Crippen LogP contribution in [0.3, 0.4) is 0 Å². The fraction of sp³-hybridized carbons (Fsp3) is 0.537. The Morgan fingerprint density at radius 1 is 0.986 bits per heavy atom. The molecule has 8 rings (SSSR count). The van der Waals surface area contributed by atoms with E-state index in [0.717, 1.165) is 40.6 Å². The molecule has 4 atom stereocenters. The molecule has 4 N–H and O–H groups in total. The van der Waals surface area contributed by atoms with Gasteiger partial charge in [-0.1, -0.05) is 84.3 Å². The lowest BCUT2D eigenvalue weighted by atomic mass is 9.49. The fourth-order valence-corrected chi connectivity index (χ4v) is 12.4. The van der Waals surface area contributed by atoms with Crippen LogP contribution in [0.15, 0.2) is 66.3 Å². The van der Waals surface area contributed by atoms with Gasteiger partial charge in [0.2, 0.25) is 17.7 Å². The van der Waals surface area contributed by atoms with Gasteiger partial charge in [0, 0.05) is 86.7 Å². The maximum atomic E-state index is 14.4. The van der Waals surface area contributed by atoms with E-state index in [2.05, 4.69) is 64.5 Å². The van der Waals surface area contributed by atoms with Crippen LogP contribution in [0, 0.1) is 39.9 Å². The Morgan fingerprint density at radius 3 is 2.25 bits per heavy atom. The second kappa shape index (κ2) is 20.7. The number of nitriles is 1. The van der Waals surface area contributed by atoms with Gasteiger partial charge in [0.25, 0.3) is 5.91 Å². The molecule has 2 aromatic heterocycles. The molecule has 18 heteroatoms. The summed E-state index contributed by atoms with van der Waals surface area (Å²) in [6.45, 7) is 22.1. The number of anilines is 1. The Labute approximate surface area is 431 Å². The smallest absolute Gasteiger partial charge is 0.253 e. The van der Waals surface area contributed by atoms with Gasteiger partial charge in [0.05, 0.1) is 57.6 Å². The van der Waals surface area contributed by atoms with E-state index in [-0.39, 0.29) is 55.3 Å². The second-order valence-corrected chi connectivity index (χ2v) is 23.8. The van der Waals surface area contributed by atoms with Crippen LogP contribution in [0.2, 0.25) is 5.02 Å². The van der Waals surface area contributed by atoms with Gasteiger partial charge in [-0.2, -0.15) is 5.26 Å². The average molecular weight is 1020 g/mol. The van der Waals surface area contributed by atoms with Crippen molar-refractivity contribution in [3.8, 4) is 22.3 Å². The van der Waals surface area contributed by atoms with Gasteiger partial charge >= 0.3 is 0 Å². The van der Waals surface area contributed by atoms with E-state index in [1.165, 1.54) is 4.90 Å². The monoisotopic (exact) mass is 1020 g/mol. The zero-order valence-corrected chi connectivity index (χ0v) is 44.3. The molecule has 2 aromatic carbocycles. The Bertz CT molecular complexity index is 2670. The number of rotatable bonds is 15. The zero-order chi connectivity index (χ0) is 51.9. The number of pyridine rings is 1. The minimum Gasteiger partial charge on any atom is -0.489 e. The summed E-state index contributed by atoms with van der Waals surface area (Å²) in [6.07, 6.45) is 0.773. The van der Waals surface area contributed by atoms with Gasteiger partial charge < -0.3 is 40.3 Å². The van der Waals surface area contributed by atoms with Gasteiger partial charge in [0.1, 0.15) is 35.8 Å². The first-order valence-corrected chi connectivity index (χ1v) is 26.0. The topological polar surface area (TPSA) is 202 Å². The minimum atomic E-state index is -0.942. The predicted octanol–water partition coefficient (Wildman–Crippen LogP) is 6.55. The molecule has 3 saturated heterocycles. The lowest BCUT2D eigenvalue weighted by Crippen LogP contribution is -2.74. The van der Waals surface area contributed by atoms with Crippen molar-refractivity contribution >= 4 is 52.4 Å². The molecule has 5 heterocycles. The molecule has 384 valence electrons. The fourth-order valence-electron chi connectivity index (χ4n) is 11.3. The summed E-state index contributed by atoms with van der Waals surface area (Å²) in [5.41, 5.74) is 3.63. The summed E-state index contributed by atoms with van der Waals surface area (Å²) in [5, 5.41) is 29.7. The van der Waals surface area contributed by atoms with Crippen LogP contribution in [0.4, 0.5) is 5.82 Å². The molecule has 0 spiro atoms. The van der Waals surface area contributed by atoms with Crippen LogP contribution in [0.1, 0.15) is 101 Å². The number of carbonyl (C=O) groups is 4. The molecule has 72 heavy (non-hydrogen) atoms. The van der Waals surface area contributed by atoms with Gasteiger partial charge in [-0.3, -0.25) is 24.1 Å². The molecule has 1 aliphatic carbocycles. The molecule has 0 bridgehead atoms. The van der Waals surface area contributed by atoms with Gasteiger partial charge in [-0.05, 0) is 54.7 Å². The van der Waals surface area contributed by atoms with Crippen molar-refractivity contribution < 1.29 is 33.8 Å². The van der Waals surface area contributed by atoms with Crippen molar-refractivity contribution in [3.05, 3.63) is 93.7 Å². The first kappa shape index (κ1) is 52.7. The van der Waals surface area contributed by atoms with E-state index in [0.29, 0.717) is 54.7 Å². The number of thiazole rings is 1. The quantitative estimate of drug-likeness (QED) is 0.100. The van der Waals surface area contributed by atoms with Crippen LogP contribution >= 0.6 is 22.9 Å². The summed E-state index contributed by atoms with van der Waals surface area (Å²) < 4.78 is 12.1. The number of nitrogens with zero attached hydrogens (tertiary/aromatic N) is 6. The molecule has 4 aromatic rings. The molecule has 16 nitrogen and oxygen atoms in total. The largest absolute Gasteiger partial charge is 0.489 e. The molecular formula is C54H68ClN9O7S. The molecule has 4 fully saturated rings. The maximum Gasteiger partial charge on any atom is 0.253 e. The van der Waals surface area contributed by atoms with Crippen molar-refractivity contribution in [2.45, 2.75) is 112 Å². The third kappa shape index (κ3) is 11.0. The number of piperazine rings is 1. The minimum absolute atomic E-state index is 0.0100. The highest BCUT2D eigenvalue weighted by molar-refractivity contribution is 7.13. The van der Waals surface area contributed by atoms with Crippen LogP contribution in [-0.2, 0) is 19.1 Å². The molecule has 3 aliphatic heterocycles. The summed E-state index contributed by atoms with van der Waals surface area (Å²) >= 11 is 7.85. The van der Waals surface area contributed by atoms with Gasteiger partial charge in [-0.15, -0.1) is 11.3 Å². The van der Waals surface area contributed by atoms with E-state index in [4.69, 9.17) is 26.1 Å². The number of nitrogens with one attached hydrogen (secondary N) is 3. The van der Waals surface area contributed by atoms with E-state index < -0.39 is 45.8 Å². The Balaban J connectivity index is 0.818. The number of aryl methyl sites for hydroxylation is 1. The number of benzene rings is 2. The molecular weight excluding hydrogens is 954 g/mol. The first-order chi connectivity index (χ1) is 34.0. The highest BCUT2D eigenvalue weighted by Crippen LogP contribution is 2.55. The third-order valence-electron chi connectivity index (χ3n) is 15.1. The van der Waals surface area contributed by atoms with E-state index in [1.807, 2.05) is 70.5 Å². The Kier molecular flexibility index (Phi) is 15.1. The lowest BCUT2D eigenvalue weighted by Gasteiger charge is -2.63. The molecule has 4 amide bonds. The summed E-state index contributed by atoms with van der Waals surface area (Å²) in [7, 11) is 0. The maximum absolute atomic E-state index is 14.4. The summed E-state index contributed by atoms with van der Waals surface area (Å²) in [6, 6.07) is 16.4. The number of aliphatic hydroxyl groups excluding tert-OH is 1. The van der Waals surface area contributed by atoms with Crippen molar-refractivity contribution in [3.63, 3.8) is 0 Å². The zero-order valence-electron chi connectivity index (χ0n) is 42.8. The number of ether oxygens (including phenoxy) is 2. The van der Waals surface area contributed by atoms with Crippen molar-refractivity contribution in [2.75, 3.05) is 57.4 Å². The number of halogens is 1. The molecule has 0 radical (unpaired) electrons. The number of aromatic nitrogens is 2. The van der Waals surface area contributed by atoms with E-state index >= 15 is 0 Å². The lowest BCUT2D eigenvalue weighted by molar-refractivity contribution is -0.164. The number of amides is 4. The SMILES string of the molecule is Cc1ncsc1-c1ccc([C@H](C)NC(=O)C2C[C@@H](O)CN2C(=O)[C@@H](NC(=O)CC2(CN3CCN(c4ccc(C(=O)NC5C(C)(C)C(Oc6ccc(C#N)c(Cl)c6)C5(C)C)cn4)CC3)COC2)C(C)(C)C)cc1. The van der Waals surface area contributed by atoms with Crippen LogP contribution in [0.5, 0.6) is 5.75 Å². The number of likely N-dealkylation sites (tertiary alicyclic amines) is 1. The van der Waals surface area contributed by atoms with E-state index in [9.17, 15) is 29.5 Å². The molecule has 4 aliphatic rings. The number of aliphatic hydroxyl groups is 1. The number of carbonyl (C=O) groups excluding carboxylic acids is 4. The standard InChI is InChI=1S/C54H68ClN9O7S/c1-32(34-10-12-35(13-11-34)44-33(2)58-31-72-44)59-47(68)41-22-38(65)27-64(41)48(69)45(51(3,4)5)60-43(66)24-54(29-70-30-54)28-62-18-20-63(21-19-62)42-17-15-37(26-57-42)46(67)61-49-52(6,7)50(53(49,8)9)71-39-16-14-36(25-56)40(55)23-39/h10-17,23,26,31-32,38,41,45,49-50,65H,18-22,24,27-30H2,1-9H3,(H,59,68)(H,60,66)(H,61,67)/t32-,38+,41?,45+,49?,50?/m0/s1. The molecule has 1 saturated carbocycles. The van der Waals surface area contributed by atoms with Crippen LogP contribution < -0.4 is 25.6 Å². The van der Waals surface area contributed by atoms with Crippen molar-refractivity contribution in [1.82, 2.24) is 35.7 Å². The first-order valence-electron chi connectivity index (χ1n) is 24.8. The number of hydrogen-bond acceptors (Lipinski definition) is 13. The third-order valence-corrected chi connectivity index (χ3v) is 16.4.